The molecule has 1 aromatic heterocycles. The Kier molecular flexibility index (Phi) is 5.53. The molecule has 0 radical (unpaired) electrons. The summed E-state index contributed by atoms with van der Waals surface area (Å²) < 4.78 is 5.11. The Labute approximate surface area is 182 Å². The molecule has 6 heteroatoms. The minimum Gasteiger partial charge on any atom is -0.441 e. The Morgan fingerprint density at radius 3 is 2.26 bits per heavy atom. The lowest BCUT2D eigenvalue weighted by molar-refractivity contribution is -0.138. The molecule has 1 saturated heterocycles. The zero-order chi connectivity index (χ0) is 22.2. The van der Waals surface area contributed by atoms with Gasteiger partial charge in [-0.15, -0.1) is 5.92 Å². The third-order valence-electron chi connectivity index (χ3n) is 6.62. The van der Waals surface area contributed by atoms with E-state index in [9.17, 15) is 14.4 Å². The van der Waals surface area contributed by atoms with Gasteiger partial charge in [-0.2, -0.15) is 0 Å². The van der Waals surface area contributed by atoms with Crippen molar-refractivity contribution in [1.82, 2.24) is 9.88 Å². The van der Waals surface area contributed by atoms with E-state index in [2.05, 4.69) is 16.8 Å². The zero-order valence-electron chi connectivity index (χ0n) is 18.2. The van der Waals surface area contributed by atoms with Crippen molar-refractivity contribution < 1.29 is 18.8 Å². The fourth-order valence-corrected chi connectivity index (χ4v) is 5.16. The second-order valence-electron chi connectivity index (χ2n) is 8.75. The first-order chi connectivity index (χ1) is 14.8. The highest BCUT2D eigenvalue weighted by molar-refractivity contribution is 6.10. The predicted octanol–water partition coefficient (Wildman–Crippen LogP) is 3.60. The van der Waals surface area contributed by atoms with E-state index in [4.69, 9.17) is 4.42 Å². The van der Waals surface area contributed by atoms with E-state index in [1.54, 1.807) is 11.8 Å². The van der Waals surface area contributed by atoms with Crippen LogP contribution in [-0.4, -0.2) is 40.4 Å². The van der Waals surface area contributed by atoms with E-state index < -0.39 is 5.92 Å². The lowest BCUT2D eigenvalue weighted by Crippen LogP contribution is -2.48. The van der Waals surface area contributed by atoms with Gasteiger partial charge in [0, 0.05) is 31.5 Å². The number of hydrogen-bond donors (Lipinski definition) is 0. The summed E-state index contributed by atoms with van der Waals surface area (Å²) in [5.74, 6) is 5.06. The summed E-state index contributed by atoms with van der Waals surface area (Å²) in [6.45, 7) is 6.67. The Morgan fingerprint density at radius 2 is 1.74 bits per heavy atom. The minimum absolute atomic E-state index is 0.00995. The number of amides is 1. The van der Waals surface area contributed by atoms with Crippen molar-refractivity contribution in [3.8, 4) is 11.8 Å². The van der Waals surface area contributed by atoms with Gasteiger partial charge >= 0.3 is 5.91 Å². The molecule has 1 spiro atoms. The van der Waals surface area contributed by atoms with Crippen LogP contribution in [0.1, 0.15) is 71.5 Å². The van der Waals surface area contributed by atoms with Crippen molar-refractivity contribution in [2.45, 2.75) is 52.4 Å². The first-order valence-corrected chi connectivity index (χ1v) is 10.6. The van der Waals surface area contributed by atoms with E-state index in [-0.39, 0.29) is 28.8 Å². The number of likely N-dealkylation sites (tertiary alicyclic amines) is 1. The Balaban J connectivity index is 1.50. The quantitative estimate of drug-likeness (QED) is 0.550. The summed E-state index contributed by atoms with van der Waals surface area (Å²) in [7, 11) is 0. The summed E-state index contributed by atoms with van der Waals surface area (Å²) in [5, 5.41) is 0. The van der Waals surface area contributed by atoms with Crippen molar-refractivity contribution in [3.63, 3.8) is 0 Å². The van der Waals surface area contributed by atoms with Crippen molar-refractivity contribution in [2.24, 2.45) is 5.41 Å². The fraction of sp³-hybridized carbons (Fsp3) is 0.440. The number of nitrogens with zero attached hydrogens (tertiary/aromatic N) is 2. The van der Waals surface area contributed by atoms with E-state index in [1.807, 2.05) is 26.0 Å². The Morgan fingerprint density at radius 1 is 1.13 bits per heavy atom. The van der Waals surface area contributed by atoms with Crippen LogP contribution < -0.4 is 0 Å². The SMILES string of the molecule is CC#Cc1cc(C)c(C2C(=O)CC3(CCN(C(=O)c4ncco4)CC3)CC2=O)c(C)c1. The first-order valence-electron chi connectivity index (χ1n) is 10.6. The third kappa shape index (κ3) is 3.93. The topological polar surface area (TPSA) is 80.5 Å². The van der Waals surface area contributed by atoms with E-state index in [0.717, 1.165) is 22.3 Å². The molecule has 1 saturated carbocycles. The fourth-order valence-electron chi connectivity index (χ4n) is 5.16. The van der Waals surface area contributed by atoms with Crippen LogP contribution in [0.4, 0.5) is 0 Å². The number of rotatable bonds is 2. The Hall–Kier alpha value is -3.20. The van der Waals surface area contributed by atoms with E-state index >= 15 is 0 Å². The van der Waals surface area contributed by atoms with Crippen LogP contribution in [-0.2, 0) is 9.59 Å². The molecule has 0 atom stereocenters. The summed E-state index contributed by atoms with van der Waals surface area (Å²) >= 11 is 0. The molecule has 1 aliphatic heterocycles. The molecule has 6 nitrogen and oxygen atoms in total. The largest absolute Gasteiger partial charge is 0.441 e. The van der Waals surface area contributed by atoms with Crippen LogP contribution in [0.25, 0.3) is 0 Å². The molecule has 0 N–H and O–H groups in total. The molecule has 2 heterocycles. The first kappa shape index (κ1) is 21.0. The third-order valence-corrected chi connectivity index (χ3v) is 6.62. The molecule has 1 aliphatic carbocycles. The van der Waals surface area contributed by atoms with Crippen molar-refractivity contribution in [2.75, 3.05) is 13.1 Å². The zero-order valence-corrected chi connectivity index (χ0v) is 18.2. The van der Waals surface area contributed by atoms with E-state index in [0.29, 0.717) is 38.8 Å². The standard InChI is InChI=1S/C25H26N2O4/c1-4-5-18-12-16(2)21(17(3)13-18)22-19(28)14-25(15-20(22)29)6-9-27(10-7-25)24(30)23-26-8-11-31-23/h8,11-13,22H,6-7,9-10,14-15H2,1-3H3. The van der Waals surface area contributed by atoms with Crippen molar-refractivity contribution >= 4 is 17.5 Å². The highest BCUT2D eigenvalue weighted by Crippen LogP contribution is 2.46. The number of ketones is 2. The molecule has 4 rings (SSSR count). The molecule has 160 valence electrons. The average Bonchev–Trinajstić information content (AvgIpc) is 3.25. The van der Waals surface area contributed by atoms with E-state index in [1.165, 1.54) is 12.5 Å². The lowest BCUT2D eigenvalue weighted by atomic mass is 9.62. The maximum absolute atomic E-state index is 13.2. The summed E-state index contributed by atoms with van der Waals surface area (Å²) in [5.41, 5.74) is 3.26. The smallest absolute Gasteiger partial charge is 0.309 e. The molecule has 2 fully saturated rings. The molecule has 1 aromatic carbocycles. The van der Waals surface area contributed by atoms with Gasteiger partial charge in [0.05, 0.1) is 6.20 Å². The number of benzene rings is 1. The van der Waals surface area contributed by atoms with Gasteiger partial charge in [0.1, 0.15) is 23.7 Å². The van der Waals surface area contributed by atoms with Crippen LogP contribution >= 0.6 is 0 Å². The van der Waals surface area contributed by atoms with Gasteiger partial charge in [-0.25, -0.2) is 4.98 Å². The molecule has 31 heavy (non-hydrogen) atoms. The molecule has 0 unspecified atom stereocenters. The van der Waals surface area contributed by atoms with Crippen LogP contribution in [0.2, 0.25) is 0 Å². The van der Waals surface area contributed by atoms with Gasteiger partial charge < -0.3 is 9.32 Å². The number of Topliss-reactive ketones (excluding diaryl/α,β-unsaturated/α-hetero) is 2. The van der Waals surface area contributed by atoms with Gasteiger partial charge in [0.25, 0.3) is 5.89 Å². The number of oxazole rings is 1. The number of hydrogen-bond acceptors (Lipinski definition) is 5. The van der Waals surface area contributed by atoms with Crippen LogP contribution in [0.5, 0.6) is 0 Å². The summed E-state index contributed by atoms with van der Waals surface area (Å²) in [4.78, 5) is 44.6. The molecule has 2 aromatic rings. The number of aryl methyl sites for hydroxylation is 2. The molecule has 2 aliphatic rings. The van der Waals surface area contributed by atoms with Gasteiger partial charge in [-0.05, 0) is 67.9 Å². The predicted molar refractivity (Wildman–Crippen MR) is 115 cm³/mol. The van der Waals surface area contributed by atoms with Gasteiger partial charge in [0.2, 0.25) is 0 Å². The average molecular weight is 418 g/mol. The molecule has 1 amide bonds. The summed E-state index contributed by atoms with van der Waals surface area (Å²) in [6, 6.07) is 3.91. The minimum atomic E-state index is -0.693. The molecular formula is C25H26N2O4. The van der Waals surface area contributed by atoms with Crippen LogP contribution in [0.15, 0.2) is 29.0 Å². The molecular weight excluding hydrogens is 392 g/mol. The normalized spacial score (nSPS) is 18.7. The van der Waals surface area contributed by atoms with Gasteiger partial charge in [0.15, 0.2) is 0 Å². The number of carbonyl (C=O) groups is 3. The van der Waals surface area contributed by atoms with Crippen molar-refractivity contribution in [3.05, 3.63) is 52.7 Å². The lowest BCUT2D eigenvalue weighted by Gasteiger charge is -2.44. The second-order valence-corrected chi connectivity index (χ2v) is 8.75. The van der Waals surface area contributed by atoms with Gasteiger partial charge in [-0.1, -0.05) is 5.92 Å². The number of piperidine rings is 1. The summed E-state index contributed by atoms with van der Waals surface area (Å²) in [6.07, 6.45) is 4.84. The van der Waals surface area contributed by atoms with Crippen LogP contribution in [0, 0.1) is 31.1 Å². The highest BCUT2D eigenvalue weighted by atomic mass is 16.4. The molecule has 0 bridgehead atoms. The maximum atomic E-state index is 13.2. The Bertz CT molecular complexity index is 1050. The van der Waals surface area contributed by atoms with Crippen molar-refractivity contribution in [1.29, 1.82) is 0 Å². The highest BCUT2D eigenvalue weighted by Gasteiger charge is 2.48. The number of carbonyl (C=O) groups excluding carboxylic acids is 3. The second kappa shape index (κ2) is 8.14. The van der Waals surface area contributed by atoms with Crippen LogP contribution in [0.3, 0.4) is 0 Å². The monoisotopic (exact) mass is 418 g/mol. The maximum Gasteiger partial charge on any atom is 0.309 e. The number of aromatic nitrogens is 1. The van der Waals surface area contributed by atoms with Gasteiger partial charge in [-0.3, -0.25) is 14.4 Å².